The van der Waals surface area contributed by atoms with Crippen LogP contribution in [0.1, 0.15) is 0 Å². The molecule has 14 heavy (non-hydrogen) atoms. The van der Waals surface area contributed by atoms with Gasteiger partial charge in [-0.1, -0.05) is 23.4 Å². The van der Waals surface area contributed by atoms with Crippen LogP contribution in [0.5, 0.6) is 0 Å². The van der Waals surface area contributed by atoms with E-state index in [1.165, 1.54) is 12.1 Å². The predicted octanol–water partition coefficient (Wildman–Crippen LogP) is 4.09. The SMILES string of the molecule is O=C=Nc1ccc(Cl)c(Br)c1SCF. The molecule has 74 valence electrons. The fourth-order valence-corrected chi connectivity index (χ4v) is 2.35. The summed E-state index contributed by atoms with van der Waals surface area (Å²) in [5.74, 6) is 0. The van der Waals surface area contributed by atoms with Gasteiger partial charge in [-0.05, 0) is 28.1 Å². The zero-order valence-corrected chi connectivity index (χ0v) is 9.92. The van der Waals surface area contributed by atoms with Crippen LogP contribution in [0.3, 0.4) is 0 Å². The topological polar surface area (TPSA) is 29.4 Å². The molecule has 1 aromatic carbocycles. The predicted molar refractivity (Wildman–Crippen MR) is 58.8 cm³/mol. The maximum atomic E-state index is 12.2. The van der Waals surface area contributed by atoms with E-state index in [1.807, 2.05) is 0 Å². The van der Waals surface area contributed by atoms with Gasteiger partial charge in [0.2, 0.25) is 6.08 Å². The zero-order chi connectivity index (χ0) is 10.6. The molecule has 0 amide bonds. The quantitative estimate of drug-likeness (QED) is 0.477. The second-order valence-electron chi connectivity index (χ2n) is 2.17. The first-order chi connectivity index (χ1) is 6.70. The van der Waals surface area contributed by atoms with Crippen LogP contribution in [0.2, 0.25) is 5.02 Å². The molecule has 0 aliphatic carbocycles. The number of thioether (sulfide) groups is 1. The summed E-state index contributed by atoms with van der Waals surface area (Å²) in [5, 5.41) is 0.450. The van der Waals surface area contributed by atoms with E-state index in [9.17, 15) is 9.18 Å². The minimum atomic E-state index is -0.611. The Balaban J connectivity index is 3.29. The summed E-state index contributed by atoms with van der Waals surface area (Å²) < 4.78 is 12.7. The second-order valence-corrected chi connectivity index (χ2v) is 4.28. The summed E-state index contributed by atoms with van der Waals surface area (Å²) >= 11 is 9.90. The van der Waals surface area contributed by atoms with E-state index in [2.05, 4.69) is 20.9 Å². The molecule has 6 heteroatoms. The molecule has 0 radical (unpaired) electrons. The van der Waals surface area contributed by atoms with Gasteiger partial charge < -0.3 is 0 Å². The summed E-state index contributed by atoms with van der Waals surface area (Å²) in [6.45, 7) is 0. The lowest BCUT2D eigenvalue weighted by atomic mass is 10.3. The highest BCUT2D eigenvalue weighted by atomic mass is 79.9. The van der Waals surface area contributed by atoms with Crippen molar-refractivity contribution in [3.8, 4) is 0 Å². The maximum Gasteiger partial charge on any atom is 0.240 e. The molecule has 0 fully saturated rings. The highest BCUT2D eigenvalue weighted by Crippen LogP contribution is 2.40. The lowest BCUT2D eigenvalue weighted by Crippen LogP contribution is -1.79. The summed E-state index contributed by atoms with van der Waals surface area (Å²) in [6, 6.07) is 2.50. The van der Waals surface area contributed by atoms with E-state index in [0.717, 1.165) is 11.8 Å². The molecule has 0 atom stereocenters. The smallest absolute Gasteiger partial charge is 0.239 e. The first kappa shape index (κ1) is 11.7. The molecule has 0 aromatic heterocycles. The van der Waals surface area contributed by atoms with Crippen LogP contribution in [-0.2, 0) is 4.79 Å². The van der Waals surface area contributed by atoms with E-state index < -0.39 is 6.01 Å². The number of alkyl halides is 1. The van der Waals surface area contributed by atoms with Crippen molar-refractivity contribution in [3.05, 3.63) is 21.6 Å². The van der Waals surface area contributed by atoms with Crippen LogP contribution >= 0.6 is 39.3 Å². The Morgan fingerprint density at radius 2 is 2.36 bits per heavy atom. The van der Waals surface area contributed by atoms with Crippen molar-refractivity contribution >= 4 is 51.1 Å². The average molecular weight is 297 g/mol. The number of isocyanates is 1. The molecule has 0 aliphatic rings. The van der Waals surface area contributed by atoms with Crippen LogP contribution < -0.4 is 0 Å². The van der Waals surface area contributed by atoms with Gasteiger partial charge in [0, 0.05) is 0 Å². The molecule has 0 aliphatic heterocycles. The number of carbonyl (C=O) groups excluding carboxylic acids is 1. The van der Waals surface area contributed by atoms with Crippen molar-refractivity contribution in [2.75, 3.05) is 6.01 Å². The van der Waals surface area contributed by atoms with Crippen LogP contribution in [0.25, 0.3) is 0 Å². The normalized spacial score (nSPS) is 9.64. The van der Waals surface area contributed by atoms with Crippen LogP contribution in [0, 0.1) is 0 Å². The highest BCUT2D eigenvalue weighted by Gasteiger charge is 2.10. The fraction of sp³-hybridized carbons (Fsp3) is 0.125. The van der Waals surface area contributed by atoms with Gasteiger partial charge >= 0.3 is 0 Å². The van der Waals surface area contributed by atoms with Gasteiger partial charge in [-0.25, -0.2) is 9.18 Å². The number of aliphatic imine (C=N–C) groups is 1. The number of rotatable bonds is 3. The molecule has 0 N–H and O–H groups in total. The van der Waals surface area contributed by atoms with Gasteiger partial charge in [0.1, 0.15) is 6.01 Å². The van der Waals surface area contributed by atoms with Crippen LogP contribution in [0.15, 0.2) is 26.5 Å². The average Bonchev–Trinajstić information content (AvgIpc) is 2.18. The van der Waals surface area contributed by atoms with Crippen molar-refractivity contribution in [1.82, 2.24) is 0 Å². The Bertz CT molecular complexity index is 395. The lowest BCUT2D eigenvalue weighted by molar-refractivity contribution is 0.565. The van der Waals surface area contributed by atoms with Crippen molar-refractivity contribution in [2.45, 2.75) is 4.90 Å². The van der Waals surface area contributed by atoms with Gasteiger partial charge in [0.25, 0.3) is 0 Å². The zero-order valence-electron chi connectivity index (χ0n) is 6.76. The van der Waals surface area contributed by atoms with Crippen molar-refractivity contribution in [3.63, 3.8) is 0 Å². The Kier molecular flexibility index (Phi) is 4.62. The monoisotopic (exact) mass is 295 g/mol. The van der Waals surface area contributed by atoms with Gasteiger partial charge in [0.05, 0.1) is 20.1 Å². The van der Waals surface area contributed by atoms with E-state index >= 15 is 0 Å². The number of halogens is 3. The third-order valence-corrected chi connectivity index (χ3v) is 3.83. The summed E-state index contributed by atoms with van der Waals surface area (Å²) in [5.41, 5.74) is 0.360. The molecule has 0 unspecified atom stereocenters. The number of benzene rings is 1. The molecule has 1 rings (SSSR count). The van der Waals surface area contributed by atoms with Gasteiger partial charge in [-0.2, -0.15) is 4.99 Å². The summed E-state index contributed by atoms with van der Waals surface area (Å²) in [6.07, 6.45) is 1.40. The molecule has 0 saturated heterocycles. The Labute approximate surface area is 97.7 Å². The van der Waals surface area contributed by atoms with Gasteiger partial charge in [0.15, 0.2) is 0 Å². The molecular weight excluding hydrogens is 293 g/mol. The van der Waals surface area contributed by atoms with Gasteiger partial charge in [-0.15, -0.1) is 0 Å². The molecule has 1 aromatic rings. The summed E-state index contributed by atoms with van der Waals surface area (Å²) in [7, 11) is 0. The fourth-order valence-electron chi connectivity index (χ4n) is 0.851. The molecular formula is C8H4BrClFNOS. The molecule has 0 spiro atoms. The molecule has 0 saturated carbocycles. The highest BCUT2D eigenvalue weighted by molar-refractivity contribution is 9.10. The van der Waals surface area contributed by atoms with Crippen molar-refractivity contribution in [1.29, 1.82) is 0 Å². The molecule has 2 nitrogen and oxygen atoms in total. The third kappa shape index (κ3) is 2.58. The van der Waals surface area contributed by atoms with E-state index in [0.29, 0.717) is 20.1 Å². The number of hydrogen-bond donors (Lipinski definition) is 0. The number of nitrogens with zero attached hydrogens (tertiary/aromatic N) is 1. The van der Waals surface area contributed by atoms with Crippen LogP contribution in [-0.4, -0.2) is 12.1 Å². The minimum absolute atomic E-state index is 0.360. The first-order valence-corrected chi connectivity index (χ1v) is 5.61. The van der Waals surface area contributed by atoms with E-state index in [-0.39, 0.29) is 0 Å². The standard InChI is InChI=1S/C8H4BrClFNOS/c9-7-5(10)1-2-6(12-4-13)8(7)14-3-11/h1-2H,3H2. The van der Waals surface area contributed by atoms with E-state index in [1.54, 1.807) is 6.07 Å². The Morgan fingerprint density at radius 3 is 2.93 bits per heavy atom. The molecule has 0 bridgehead atoms. The van der Waals surface area contributed by atoms with Crippen molar-refractivity contribution < 1.29 is 9.18 Å². The second kappa shape index (κ2) is 5.51. The number of hydrogen-bond acceptors (Lipinski definition) is 3. The lowest BCUT2D eigenvalue weighted by Gasteiger charge is -2.05. The molecule has 0 heterocycles. The third-order valence-electron chi connectivity index (χ3n) is 1.39. The van der Waals surface area contributed by atoms with E-state index in [4.69, 9.17) is 11.6 Å². The largest absolute Gasteiger partial charge is 0.240 e. The summed E-state index contributed by atoms with van der Waals surface area (Å²) in [4.78, 5) is 14.0. The van der Waals surface area contributed by atoms with Crippen molar-refractivity contribution in [2.24, 2.45) is 4.99 Å². The van der Waals surface area contributed by atoms with Gasteiger partial charge in [-0.3, -0.25) is 0 Å². The minimum Gasteiger partial charge on any atom is -0.239 e. The Morgan fingerprint density at radius 1 is 1.64 bits per heavy atom. The Hall–Kier alpha value is -0.350. The maximum absolute atomic E-state index is 12.2. The first-order valence-electron chi connectivity index (χ1n) is 3.45. The van der Waals surface area contributed by atoms with Crippen LogP contribution in [0.4, 0.5) is 10.1 Å².